The highest BCUT2D eigenvalue weighted by Gasteiger charge is 2.45. The third-order valence-corrected chi connectivity index (χ3v) is 4.20. The number of aliphatic hydroxyl groups is 1. The van der Waals surface area contributed by atoms with Crippen LogP contribution in [0.1, 0.15) is 40.0 Å². The molecule has 0 aromatic rings. The second-order valence-corrected chi connectivity index (χ2v) is 5.41. The molecule has 2 rings (SSSR count). The second kappa shape index (κ2) is 3.69. The maximum Gasteiger partial charge on any atom is 0.0597 e. The molecule has 0 aliphatic heterocycles. The minimum Gasteiger partial charge on any atom is -0.393 e. The highest BCUT2D eigenvalue weighted by atomic mass is 16.3. The Morgan fingerprint density at radius 2 is 2.07 bits per heavy atom. The maximum absolute atomic E-state index is 10.1. The minimum absolute atomic E-state index is 0.0831. The van der Waals surface area contributed by atoms with Gasteiger partial charge in [-0.3, -0.25) is 0 Å². The van der Waals surface area contributed by atoms with Gasteiger partial charge >= 0.3 is 0 Å². The van der Waals surface area contributed by atoms with E-state index in [0.29, 0.717) is 17.8 Å². The summed E-state index contributed by atoms with van der Waals surface area (Å²) in [6.07, 6.45) is 6.11. The fourth-order valence-electron chi connectivity index (χ4n) is 3.46. The fraction of sp³-hybridized carbons (Fsp3) is 0.846. The van der Waals surface area contributed by atoms with Gasteiger partial charge in [0, 0.05) is 0 Å². The highest BCUT2D eigenvalue weighted by Crippen LogP contribution is 2.53. The number of rotatable bonds is 2. The molecule has 2 saturated carbocycles. The number of hydrogen-bond acceptors (Lipinski definition) is 1. The van der Waals surface area contributed by atoms with Crippen molar-refractivity contribution >= 4 is 0 Å². The molecule has 4 atom stereocenters. The Hall–Kier alpha value is -0.300. The lowest BCUT2D eigenvalue weighted by Gasteiger charge is -2.30. The first-order chi connectivity index (χ1) is 6.63. The van der Waals surface area contributed by atoms with Crippen LogP contribution in [0.25, 0.3) is 0 Å². The summed E-state index contributed by atoms with van der Waals surface area (Å²) in [4.78, 5) is 0. The average Bonchev–Trinajstić information content (AvgIpc) is 2.74. The van der Waals surface area contributed by atoms with E-state index in [-0.39, 0.29) is 6.10 Å². The van der Waals surface area contributed by atoms with Crippen molar-refractivity contribution < 1.29 is 5.11 Å². The molecule has 2 aliphatic carbocycles. The Morgan fingerprint density at radius 3 is 2.57 bits per heavy atom. The number of aliphatic hydroxyl groups excluding tert-OH is 1. The smallest absolute Gasteiger partial charge is 0.0597 e. The predicted molar refractivity (Wildman–Crippen MR) is 58.9 cm³/mol. The van der Waals surface area contributed by atoms with E-state index in [1.54, 1.807) is 5.57 Å². The summed E-state index contributed by atoms with van der Waals surface area (Å²) in [6, 6.07) is 0. The van der Waals surface area contributed by atoms with Crippen LogP contribution in [0.3, 0.4) is 0 Å². The molecule has 0 saturated heterocycles. The van der Waals surface area contributed by atoms with Crippen LogP contribution < -0.4 is 0 Å². The minimum atomic E-state index is -0.0831. The molecule has 4 unspecified atom stereocenters. The number of allylic oxidation sites excluding steroid dienone is 2. The first kappa shape index (κ1) is 10.2. The van der Waals surface area contributed by atoms with E-state index < -0.39 is 0 Å². The molecule has 2 bridgehead atoms. The normalized spacial score (nSPS) is 41.2. The van der Waals surface area contributed by atoms with Gasteiger partial charge in [0.15, 0.2) is 0 Å². The highest BCUT2D eigenvalue weighted by molar-refractivity contribution is 5.19. The van der Waals surface area contributed by atoms with Crippen LogP contribution >= 0.6 is 0 Å². The Balaban J connectivity index is 2.10. The zero-order valence-electron chi connectivity index (χ0n) is 9.53. The SMILES string of the molecule is CC=C1CC2CC1C(C(O)C(C)C)C2. The summed E-state index contributed by atoms with van der Waals surface area (Å²) in [5, 5.41) is 10.1. The molecular weight excluding hydrogens is 172 g/mol. The molecule has 2 aliphatic rings. The predicted octanol–water partition coefficient (Wildman–Crippen LogP) is 3.00. The van der Waals surface area contributed by atoms with Gasteiger partial charge in [-0.1, -0.05) is 25.5 Å². The zero-order valence-corrected chi connectivity index (χ0v) is 9.53. The van der Waals surface area contributed by atoms with Crippen molar-refractivity contribution in [1.29, 1.82) is 0 Å². The Morgan fingerprint density at radius 1 is 1.36 bits per heavy atom. The molecule has 80 valence electrons. The molecular formula is C13H22O. The standard InChI is InChI=1S/C13H22O/c1-4-10-5-9-6-11(10)12(7-9)13(14)8(2)3/h4,8-9,11-14H,5-7H2,1-3H3. The van der Waals surface area contributed by atoms with Crippen LogP contribution in [0.2, 0.25) is 0 Å². The van der Waals surface area contributed by atoms with Gasteiger partial charge in [-0.15, -0.1) is 0 Å². The zero-order chi connectivity index (χ0) is 10.3. The Labute approximate surface area is 87.2 Å². The third kappa shape index (κ3) is 1.52. The van der Waals surface area contributed by atoms with Gasteiger partial charge in [0.25, 0.3) is 0 Å². The van der Waals surface area contributed by atoms with Gasteiger partial charge in [-0.25, -0.2) is 0 Å². The molecule has 0 amide bonds. The van der Waals surface area contributed by atoms with E-state index in [4.69, 9.17) is 0 Å². The molecule has 14 heavy (non-hydrogen) atoms. The van der Waals surface area contributed by atoms with E-state index in [0.717, 1.165) is 5.92 Å². The van der Waals surface area contributed by atoms with Crippen molar-refractivity contribution in [2.75, 3.05) is 0 Å². The van der Waals surface area contributed by atoms with Gasteiger partial charge in [0.05, 0.1) is 6.10 Å². The molecule has 0 aromatic carbocycles. The molecule has 1 heteroatoms. The summed E-state index contributed by atoms with van der Waals surface area (Å²) in [6.45, 7) is 6.41. The molecule has 2 fully saturated rings. The Kier molecular flexibility index (Phi) is 2.70. The lowest BCUT2D eigenvalue weighted by molar-refractivity contribution is 0.0473. The summed E-state index contributed by atoms with van der Waals surface area (Å²) < 4.78 is 0. The van der Waals surface area contributed by atoms with Gasteiger partial charge < -0.3 is 5.11 Å². The quantitative estimate of drug-likeness (QED) is 0.670. The second-order valence-electron chi connectivity index (χ2n) is 5.41. The van der Waals surface area contributed by atoms with Crippen molar-refractivity contribution in [1.82, 2.24) is 0 Å². The molecule has 0 aromatic heterocycles. The molecule has 1 N–H and O–H groups in total. The van der Waals surface area contributed by atoms with E-state index in [1.807, 2.05) is 0 Å². The van der Waals surface area contributed by atoms with E-state index in [2.05, 4.69) is 26.8 Å². The number of fused-ring (bicyclic) bond motifs is 2. The van der Waals surface area contributed by atoms with Crippen molar-refractivity contribution in [2.24, 2.45) is 23.7 Å². The van der Waals surface area contributed by atoms with Crippen LogP contribution in [0, 0.1) is 23.7 Å². The van der Waals surface area contributed by atoms with Crippen LogP contribution in [-0.2, 0) is 0 Å². The maximum atomic E-state index is 10.1. The van der Waals surface area contributed by atoms with E-state index in [1.165, 1.54) is 19.3 Å². The summed E-state index contributed by atoms with van der Waals surface area (Å²) in [7, 11) is 0. The van der Waals surface area contributed by atoms with Crippen LogP contribution in [-0.4, -0.2) is 11.2 Å². The van der Waals surface area contributed by atoms with Gasteiger partial charge in [0.1, 0.15) is 0 Å². The summed E-state index contributed by atoms with van der Waals surface area (Å²) in [5.41, 5.74) is 1.62. The van der Waals surface area contributed by atoms with Crippen molar-refractivity contribution in [3.63, 3.8) is 0 Å². The van der Waals surface area contributed by atoms with Crippen LogP contribution in [0.15, 0.2) is 11.6 Å². The molecule has 0 radical (unpaired) electrons. The van der Waals surface area contributed by atoms with Gasteiger partial charge in [-0.05, 0) is 49.9 Å². The van der Waals surface area contributed by atoms with Crippen LogP contribution in [0.5, 0.6) is 0 Å². The summed E-state index contributed by atoms with van der Waals surface area (Å²) in [5.74, 6) is 2.56. The lowest BCUT2D eigenvalue weighted by Crippen LogP contribution is -2.30. The molecule has 0 spiro atoms. The van der Waals surface area contributed by atoms with Crippen molar-refractivity contribution in [3.05, 3.63) is 11.6 Å². The van der Waals surface area contributed by atoms with Gasteiger partial charge in [0.2, 0.25) is 0 Å². The summed E-state index contributed by atoms with van der Waals surface area (Å²) >= 11 is 0. The fourth-order valence-corrected chi connectivity index (χ4v) is 3.46. The first-order valence-corrected chi connectivity index (χ1v) is 5.96. The largest absolute Gasteiger partial charge is 0.393 e. The number of hydrogen-bond donors (Lipinski definition) is 1. The molecule has 1 nitrogen and oxygen atoms in total. The third-order valence-electron chi connectivity index (χ3n) is 4.20. The van der Waals surface area contributed by atoms with E-state index >= 15 is 0 Å². The average molecular weight is 194 g/mol. The monoisotopic (exact) mass is 194 g/mol. The first-order valence-electron chi connectivity index (χ1n) is 5.96. The topological polar surface area (TPSA) is 20.2 Å². The van der Waals surface area contributed by atoms with Crippen molar-refractivity contribution in [3.8, 4) is 0 Å². The Bertz CT molecular complexity index is 242. The van der Waals surface area contributed by atoms with Crippen molar-refractivity contribution in [2.45, 2.75) is 46.1 Å². The molecule has 0 heterocycles. The van der Waals surface area contributed by atoms with Gasteiger partial charge in [-0.2, -0.15) is 0 Å². The lowest BCUT2D eigenvalue weighted by atomic mass is 9.78. The van der Waals surface area contributed by atoms with E-state index in [9.17, 15) is 5.11 Å². The van der Waals surface area contributed by atoms with Crippen LogP contribution in [0.4, 0.5) is 0 Å².